The molecule has 134 valence electrons. The largest absolute Gasteiger partial charge is 0.497 e. The molecule has 0 heterocycles. The Morgan fingerprint density at radius 2 is 1.84 bits per heavy atom. The molecule has 1 amide bonds. The van der Waals surface area contributed by atoms with Gasteiger partial charge < -0.3 is 14.8 Å². The highest BCUT2D eigenvalue weighted by molar-refractivity contribution is 5.77. The summed E-state index contributed by atoms with van der Waals surface area (Å²) in [6, 6.07) is 11.9. The lowest BCUT2D eigenvalue weighted by molar-refractivity contribution is -0.121. The fraction of sp³-hybridized carbons (Fsp3) is 0.350. The van der Waals surface area contributed by atoms with Gasteiger partial charge in [-0.15, -0.1) is 0 Å². The van der Waals surface area contributed by atoms with E-state index < -0.39 is 0 Å². The normalized spacial score (nSPS) is 11.7. The van der Waals surface area contributed by atoms with Crippen LogP contribution >= 0.6 is 0 Å². The number of amides is 1. The lowest BCUT2D eigenvalue weighted by Crippen LogP contribution is -2.26. The van der Waals surface area contributed by atoms with Crippen LogP contribution in [0.3, 0.4) is 0 Å². The van der Waals surface area contributed by atoms with Crippen LogP contribution in [0.2, 0.25) is 0 Å². The summed E-state index contributed by atoms with van der Waals surface area (Å²) in [6.07, 6.45) is 1.04. The summed E-state index contributed by atoms with van der Waals surface area (Å²) < 4.78 is 23.5. The molecule has 1 N–H and O–H groups in total. The molecule has 2 rings (SSSR count). The van der Waals surface area contributed by atoms with Gasteiger partial charge in [0.2, 0.25) is 5.91 Å². The lowest BCUT2D eigenvalue weighted by Gasteiger charge is -2.16. The van der Waals surface area contributed by atoms with Crippen molar-refractivity contribution in [3.05, 3.63) is 59.4 Å². The van der Waals surface area contributed by atoms with E-state index in [2.05, 4.69) is 5.32 Å². The summed E-state index contributed by atoms with van der Waals surface area (Å²) in [4.78, 5) is 12.2. The van der Waals surface area contributed by atoms with E-state index >= 15 is 0 Å². The zero-order valence-electron chi connectivity index (χ0n) is 14.8. The SMILES string of the molecule is COc1ccc(C(C)CC(=O)NCCc2ccc(F)cc2)c(OC)c1. The van der Waals surface area contributed by atoms with Gasteiger partial charge in [0.25, 0.3) is 0 Å². The molecule has 0 bridgehead atoms. The van der Waals surface area contributed by atoms with Gasteiger partial charge in [0, 0.05) is 19.0 Å². The Bertz CT molecular complexity index is 701. The van der Waals surface area contributed by atoms with Crippen LogP contribution in [0.5, 0.6) is 11.5 Å². The van der Waals surface area contributed by atoms with E-state index in [9.17, 15) is 9.18 Å². The summed E-state index contributed by atoms with van der Waals surface area (Å²) in [5, 5.41) is 2.91. The lowest BCUT2D eigenvalue weighted by atomic mass is 9.96. The maximum atomic E-state index is 12.9. The fourth-order valence-electron chi connectivity index (χ4n) is 2.68. The number of carbonyl (C=O) groups excluding carboxylic acids is 1. The van der Waals surface area contributed by atoms with Crippen molar-refractivity contribution in [1.82, 2.24) is 5.32 Å². The zero-order valence-corrected chi connectivity index (χ0v) is 14.8. The molecule has 0 aliphatic carbocycles. The molecule has 0 saturated heterocycles. The highest BCUT2D eigenvalue weighted by Gasteiger charge is 2.16. The van der Waals surface area contributed by atoms with Crippen molar-refractivity contribution in [3.63, 3.8) is 0 Å². The fourth-order valence-corrected chi connectivity index (χ4v) is 2.68. The molecule has 5 heteroatoms. The molecule has 0 radical (unpaired) electrons. The average Bonchev–Trinajstić information content (AvgIpc) is 2.62. The monoisotopic (exact) mass is 345 g/mol. The summed E-state index contributed by atoms with van der Waals surface area (Å²) in [5.74, 6) is 1.18. The van der Waals surface area contributed by atoms with Crippen LogP contribution in [-0.2, 0) is 11.2 Å². The number of rotatable bonds is 8. The molecule has 0 aliphatic rings. The predicted molar refractivity (Wildman–Crippen MR) is 95.7 cm³/mol. The Kier molecular flexibility index (Phi) is 6.81. The Morgan fingerprint density at radius 1 is 1.12 bits per heavy atom. The van der Waals surface area contributed by atoms with Crippen molar-refractivity contribution in [1.29, 1.82) is 0 Å². The van der Waals surface area contributed by atoms with Crippen LogP contribution in [0.25, 0.3) is 0 Å². The quantitative estimate of drug-likeness (QED) is 0.794. The maximum Gasteiger partial charge on any atom is 0.220 e. The Morgan fingerprint density at radius 3 is 2.48 bits per heavy atom. The van der Waals surface area contributed by atoms with Gasteiger partial charge in [-0.1, -0.05) is 25.1 Å². The Balaban J connectivity index is 1.86. The molecule has 0 aromatic heterocycles. The van der Waals surface area contributed by atoms with Crippen LogP contribution in [-0.4, -0.2) is 26.7 Å². The van der Waals surface area contributed by atoms with Crippen LogP contribution < -0.4 is 14.8 Å². The molecule has 2 aromatic carbocycles. The van der Waals surface area contributed by atoms with Crippen LogP contribution in [0.15, 0.2) is 42.5 Å². The molecule has 25 heavy (non-hydrogen) atoms. The first kappa shape index (κ1) is 18.8. The van der Waals surface area contributed by atoms with E-state index in [-0.39, 0.29) is 17.6 Å². The standard InChI is InChI=1S/C20H24FNO3/c1-14(18-9-8-17(24-2)13-19(18)25-3)12-20(23)22-11-10-15-4-6-16(21)7-5-15/h4-9,13-14H,10-12H2,1-3H3,(H,22,23). The third-order valence-electron chi connectivity index (χ3n) is 4.11. The molecule has 2 aromatic rings. The number of hydrogen-bond acceptors (Lipinski definition) is 3. The molecular weight excluding hydrogens is 321 g/mol. The number of benzene rings is 2. The number of hydrogen-bond donors (Lipinski definition) is 1. The molecular formula is C20H24FNO3. The first-order valence-corrected chi connectivity index (χ1v) is 8.26. The van der Waals surface area contributed by atoms with E-state index in [4.69, 9.17) is 9.47 Å². The smallest absolute Gasteiger partial charge is 0.220 e. The second-order valence-electron chi connectivity index (χ2n) is 5.94. The zero-order chi connectivity index (χ0) is 18.2. The van der Waals surface area contributed by atoms with Crippen molar-refractivity contribution >= 4 is 5.91 Å². The third kappa shape index (κ3) is 5.48. The topological polar surface area (TPSA) is 47.6 Å². The van der Waals surface area contributed by atoms with Crippen molar-refractivity contribution < 1.29 is 18.7 Å². The van der Waals surface area contributed by atoms with Crippen molar-refractivity contribution in [2.24, 2.45) is 0 Å². The van der Waals surface area contributed by atoms with Gasteiger partial charge in [-0.3, -0.25) is 4.79 Å². The van der Waals surface area contributed by atoms with Gasteiger partial charge in [-0.2, -0.15) is 0 Å². The van der Waals surface area contributed by atoms with E-state index in [0.717, 1.165) is 16.9 Å². The molecule has 1 atom stereocenters. The molecule has 0 spiro atoms. The highest BCUT2D eigenvalue weighted by Crippen LogP contribution is 2.32. The predicted octanol–water partition coefficient (Wildman–Crippen LogP) is 3.70. The van der Waals surface area contributed by atoms with E-state index in [1.165, 1.54) is 12.1 Å². The minimum atomic E-state index is -0.255. The van der Waals surface area contributed by atoms with Gasteiger partial charge in [0.1, 0.15) is 17.3 Å². The van der Waals surface area contributed by atoms with Gasteiger partial charge in [-0.05, 0) is 41.7 Å². The Labute approximate surface area is 148 Å². The van der Waals surface area contributed by atoms with Gasteiger partial charge in [-0.25, -0.2) is 4.39 Å². The first-order valence-electron chi connectivity index (χ1n) is 8.26. The second kappa shape index (κ2) is 9.06. The van der Waals surface area contributed by atoms with Gasteiger partial charge >= 0.3 is 0 Å². The van der Waals surface area contributed by atoms with Gasteiger partial charge in [0.05, 0.1) is 14.2 Å². The first-order chi connectivity index (χ1) is 12.0. The molecule has 0 saturated carbocycles. The number of halogens is 1. The average molecular weight is 345 g/mol. The van der Waals surface area contributed by atoms with Crippen molar-refractivity contribution in [2.75, 3.05) is 20.8 Å². The second-order valence-corrected chi connectivity index (χ2v) is 5.94. The third-order valence-corrected chi connectivity index (χ3v) is 4.11. The summed E-state index contributed by atoms with van der Waals surface area (Å²) >= 11 is 0. The number of nitrogens with one attached hydrogen (secondary N) is 1. The molecule has 0 fully saturated rings. The van der Waals surface area contributed by atoms with E-state index in [0.29, 0.717) is 25.1 Å². The minimum absolute atomic E-state index is 0.0201. The van der Waals surface area contributed by atoms with E-state index in [1.807, 2.05) is 25.1 Å². The summed E-state index contributed by atoms with van der Waals surface area (Å²) in [6.45, 7) is 2.51. The number of ether oxygens (including phenoxy) is 2. The van der Waals surface area contributed by atoms with Crippen molar-refractivity contribution in [2.45, 2.75) is 25.7 Å². The van der Waals surface area contributed by atoms with Gasteiger partial charge in [0.15, 0.2) is 0 Å². The number of methoxy groups -OCH3 is 2. The van der Waals surface area contributed by atoms with Crippen LogP contribution in [0.4, 0.5) is 4.39 Å². The highest BCUT2D eigenvalue weighted by atomic mass is 19.1. The van der Waals surface area contributed by atoms with Crippen molar-refractivity contribution in [3.8, 4) is 11.5 Å². The number of carbonyl (C=O) groups is 1. The Hall–Kier alpha value is -2.56. The molecule has 4 nitrogen and oxygen atoms in total. The summed E-state index contributed by atoms with van der Waals surface area (Å²) in [5.41, 5.74) is 1.96. The maximum absolute atomic E-state index is 12.9. The summed E-state index contributed by atoms with van der Waals surface area (Å²) in [7, 11) is 3.21. The van der Waals surface area contributed by atoms with Crippen LogP contribution in [0, 0.1) is 5.82 Å². The van der Waals surface area contributed by atoms with Crippen LogP contribution in [0.1, 0.15) is 30.4 Å². The molecule has 1 unspecified atom stereocenters. The van der Waals surface area contributed by atoms with E-state index in [1.54, 1.807) is 26.4 Å². The minimum Gasteiger partial charge on any atom is -0.497 e. The molecule has 0 aliphatic heterocycles.